The molecule has 2 heterocycles. The molecule has 1 aliphatic rings. The highest BCUT2D eigenvalue weighted by Gasteiger charge is 2.72. The minimum absolute atomic E-state index is 0.0218. The van der Waals surface area contributed by atoms with Gasteiger partial charge in [0.15, 0.2) is 5.82 Å². The molecule has 1 fully saturated rings. The number of rotatable bonds is 3. The Morgan fingerprint density at radius 3 is 2.19 bits per heavy atom. The van der Waals surface area contributed by atoms with Gasteiger partial charge in [-0.15, -0.1) is 5.10 Å². The van der Waals surface area contributed by atoms with Crippen LogP contribution in [0.2, 0.25) is 5.02 Å². The van der Waals surface area contributed by atoms with Crippen molar-refractivity contribution in [2.24, 2.45) is 5.73 Å². The van der Waals surface area contributed by atoms with E-state index in [0.717, 1.165) is 16.8 Å². The van der Waals surface area contributed by atoms with Crippen LogP contribution in [0.5, 0.6) is 0 Å². The molecule has 0 atom stereocenters. The molecule has 0 radical (unpaired) electrons. The molecule has 0 bridgehead atoms. The van der Waals surface area contributed by atoms with Crippen molar-refractivity contribution in [1.82, 2.24) is 14.8 Å². The van der Waals surface area contributed by atoms with E-state index in [1.807, 2.05) is 49.4 Å². The van der Waals surface area contributed by atoms with Crippen LogP contribution in [0.25, 0.3) is 17.1 Å². The number of carbonyl (C=O) groups excluding carboxylic acids is 1. The first-order chi connectivity index (χ1) is 14.4. The molecule has 12 heteroatoms. The Balaban J connectivity index is 0.000000254. The van der Waals surface area contributed by atoms with Crippen LogP contribution >= 0.6 is 11.6 Å². The van der Waals surface area contributed by atoms with Crippen molar-refractivity contribution in [2.75, 3.05) is 0 Å². The van der Waals surface area contributed by atoms with Crippen molar-refractivity contribution in [3.05, 3.63) is 64.9 Å². The molecule has 6 nitrogen and oxygen atoms in total. The van der Waals surface area contributed by atoms with E-state index in [2.05, 4.69) is 14.8 Å². The topological polar surface area (TPSA) is 83.0 Å². The monoisotopic (exact) mass is 460 g/mol. The van der Waals surface area contributed by atoms with Crippen LogP contribution in [0.4, 0.5) is 22.0 Å². The molecule has 1 aromatic heterocycles. The number of alkyl halides is 5. The van der Waals surface area contributed by atoms with Crippen LogP contribution in [-0.4, -0.2) is 39.1 Å². The lowest BCUT2D eigenvalue weighted by Crippen LogP contribution is -2.61. The summed E-state index contributed by atoms with van der Waals surface area (Å²) >= 11 is 6.06. The first-order valence-electron chi connectivity index (χ1n) is 8.61. The molecule has 4 rings (SSSR count). The number of benzene rings is 2. The number of ether oxygens (including phenoxy) is 1. The molecule has 2 aromatic carbocycles. The molecule has 164 valence electrons. The molecule has 0 aliphatic carbocycles. The summed E-state index contributed by atoms with van der Waals surface area (Å²) in [6.07, 6.45) is -12.1. The van der Waals surface area contributed by atoms with Gasteiger partial charge in [0.25, 0.3) is 12.1 Å². The predicted molar refractivity (Wildman–Crippen MR) is 101 cm³/mol. The number of hydrogen-bond donors (Lipinski definition) is 1. The molecule has 0 saturated carbocycles. The van der Waals surface area contributed by atoms with Crippen LogP contribution in [0.3, 0.4) is 0 Å². The van der Waals surface area contributed by atoms with Crippen molar-refractivity contribution in [3.8, 4) is 17.1 Å². The number of hydrogen-bond acceptors (Lipinski definition) is 4. The van der Waals surface area contributed by atoms with Gasteiger partial charge in [-0.1, -0.05) is 41.9 Å². The summed E-state index contributed by atoms with van der Waals surface area (Å²) in [5.41, 5.74) is 7.83. The zero-order chi connectivity index (χ0) is 23.0. The van der Waals surface area contributed by atoms with Crippen LogP contribution < -0.4 is 5.73 Å². The summed E-state index contributed by atoms with van der Waals surface area (Å²) in [6.45, 7) is 1.90. The molecular weight excluding hydrogens is 447 g/mol. The van der Waals surface area contributed by atoms with E-state index in [-0.39, 0.29) is 5.82 Å². The van der Waals surface area contributed by atoms with Crippen molar-refractivity contribution in [3.63, 3.8) is 0 Å². The molecule has 1 aliphatic heterocycles. The molecule has 1 saturated heterocycles. The highest BCUT2D eigenvalue weighted by atomic mass is 35.5. The standard InChI is InChI=1S/C16H13ClN4O.C3HF5O/c1-10-9-12(7-8-13(10)17)21-16(11-5-3-2-4-6-11)19-15(20-21)14(18)22;4-1-2(5,6)9-3(1,7)8/h2-9H,1H3,(H2,18,22);1H. The zero-order valence-electron chi connectivity index (χ0n) is 15.7. The fourth-order valence-corrected chi connectivity index (χ4v) is 2.67. The number of primary amides is 1. The second kappa shape index (κ2) is 8.23. The third kappa shape index (κ3) is 4.67. The number of nitrogens with two attached hydrogens (primary N) is 1. The molecule has 3 aromatic rings. The highest BCUT2D eigenvalue weighted by Crippen LogP contribution is 2.48. The van der Waals surface area contributed by atoms with Gasteiger partial charge in [0, 0.05) is 10.6 Å². The van der Waals surface area contributed by atoms with E-state index >= 15 is 0 Å². The van der Waals surface area contributed by atoms with E-state index in [1.54, 1.807) is 10.7 Å². The first-order valence-corrected chi connectivity index (χ1v) is 8.99. The van der Waals surface area contributed by atoms with E-state index < -0.39 is 24.3 Å². The fraction of sp³-hybridized carbons (Fsp3) is 0.211. The van der Waals surface area contributed by atoms with Crippen LogP contribution in [0.15, 0.2) is 48.5 Å². The van der Waals surface area contributed by atoms with Crippen LogP contribution in [0, 0.1) is 6.92 Å². The Morgan fingerprint density at radius 2 is 1.74 bits per heavy atom. The smallest absolute Gasteiger partial charge is 0.363 e. The minimum atomic E-state index is -4.30. The molecule has 0 spiro atoms. The van der Waals surface area contributed by atoms with Crippen LogP contribution in [0.1, 0.15) is 16.2 Å². The molecule has 31 heavy (non-hydrogen) atoms. The number of halogens is 6. The number of amides is 1. The molecule has 2 N–H and O–H groups in total. The third-order valence-corrected chi connectivity index (χ3v) is 4.53. The number of carbonyl (C=O) groups is 1. The highest BCUT2D eigenvalue weighted by molar-refractivity contribution is 6.31. The van der Waals surface area contributed by atoms with Crippen molar-refractivity contribution in [1.29, 1.82) is 0 Å². The summed E-state index contributed by atoms with van der Waals surface area (Å²) in [7, 11) is 0. The molecule has 1 amide bonds. The number of nitrogens with zero attached hydrogens (tertiary/aromatic N) is 3. The van der Waals surface area contributed by atoms with E-state index in [1.165, 1.54) is 0 Å². The average molecular weight is 461 g/mol. The number of aryl methyl sites for hydroxylation is 1. The SMILES string of the molecule is Cc1cc(-n2nc(C(N)=O)nc2-c2ccccc2)ccc1Cl.FC1C(F)(F)OC1(F)F. The Labute approximate surface area is 177 Å². The maximum absolute atomic E-state index is 11.4. The van der Waals surface area contributed by atoms with Crippen LogP contribution in [-0.2, 0) is 4.74 Å². The van der Waals surface area contributed by atoms with Gasteiger partial charge in [0.05, 0.1) is 5.69 Å². The lowest BCUT2D eigenvalue weighted by atomic mass is 10.2. The van der Waals surface area contributed by atoms with Gasteiger partial charge in [-0.25, -0.2) is 14.1 Å². The maximum Gasteiger partial charge on any atom is 0.400 e. The van der Waals surface area contributed by atoms with Gasteiger partial charge in [-0.2, -0.15) is 17.6 Å². The van der Waals surface area contributed by atoms with Gasteiger partial charge in [-0.3, -0.25) is 9.53 Å². The van der Waals surface area contributed by atoms with Gasteiger partial charge in [0.1, 0.15) is 0 Å². The van der Waals surface area contributed by atoms with Gasteiger partial charge in [0.2, 0.25) is 5.82 Å². The van der Waals surface area contributed by atoms with Crippen molar-refractivity contribution < 1.29 is 31.5 Å². The second-order valence-corrected chi connectivity index (χ2v) is 6.83. The number of aromatic nitrogens is 3. The Kier molecular flexibility index (Phi) is 6.01. The van der Waals surface area contributed by atoms with Gasteiger partial charge in [-0.05, 0) is 30.7 Å². The lowest BCUT2D eigenvalue weighted by Gasteiger charge is -2.37. The normalized spacial score (nSPS) is 16.7. The summed E-state index contributed by atoms with van der Waals surface area (Å²) < 4.78 is 61.0. The second-order valence-electron chi connectivity index (χ2n) is 6.42. The lowest BCUT2D eigenvalue weighted by molar-refractivity contribution is -0.512. The first kappa shape index (κ1) is 22.6. The Morgan fingerprint density at radius 1 is 1.13 bits per heavy atom. The summed E-state index contributed by atoms with van der Waals surface area (Å²) in [6, 6.07) is 15.0. The van der Waals surface area contributed by atoms with E-state index in [0.29, 0.717) is 10.8 Å². The average Bonchev–Trinajstić information content (AvgIpc) is 3.16. The zero-order valence-corrected chi connectivity index (χ0v) is 16.5. The van der Waals surface area contributed by atoms with Gasteiger partial charge < -0.3 is 5.73 Å². The van der Waals surface area contributed by atoms with E-state index in [4.69, 9.17) is 17.3 Å². The fourth-order valence-electron chi connectivity index (χ4n) is 2.55. The minimum Gasteiger partial charge on any atom is -0.363 e. The third-order valence-electron chi connectivity index (χ3n) is 4.11. The summed E-state index contributed by atoms with van der Waals surface area (Å²) in [5, 5.41) is 4.88. The van der Waals surface area contributed by atoms with Gasteiger partial charge >= 0.3 is 12.2 Å². The Hall–Kier alpha value is -3.05. The summed E-state index contributed by atoms with van der Waals surface area (Å²) in [5.74, 6) is -0.135. The maximum atomic E-state index is 11.4. The quantitative estimate of drug-likeness (QED) is 0.582. The van der Waals surface area contributed by atoms with Crippen molar-refractivity contribution >= 4 is 17.5 Å². The van der Waals surface area contributed by atoms with Crippen molar-refractivity contribution in [2.45, 2.75) is 25.3 Å². The van der Waals surface area contributed by atoms with E-state index in [9.17, 15) is 26.7 Å². The largest absolute Gasteiger partial charge is 0.400 e. The summed E-state index contributed by atoms with van der Waals surface area (Å²) in [4.78, 5) is 15.7. The molecular formula is C19H14ClF5N4O2. The Bertz CT molecular complexity index is 1090. The molecule has 0 unspecified atom stereocenters. The predicted octanol–water partition coefficient (Wildman–Crippen LogP) is 4.54.